The van der Waals surface area contributed by atoms with Gasteiger partial charge in [0.1, 0.15) is 5.69 Å². The van der Waals surface area contributed by atoms with Crippen molar-refractivity contribution in [2.24, 2.45) is 0 Å². The average Bonchev–Trinajstić information content (AvgIpc) is 3.06. The second-order valence-corrected chi connectivity index (χ2v) is 7.39. The van der Waals surface area contributed by atoms with Gasteiger partial charge in [-0.2, -0.15) is 0 Å². The van der Waals surface area contributed by atoms with Crippen molar-refractivity contribution in [1.29, 1.82) is 0 Å². The van der Waals surface area contributed by atoms with Crippen molar-refractivity contribution in [3.8, 4) is 0 Å². The molecule has 1 aliphatic heterocycles. The van der Waals surface area contributed by atoms with Crippen LogP contribution in [0.1, 0.15) is 22.4 Å². The molecule has 0 bridgehead atoms. The fourth-order valence-corrected chi connectivity index (χ4v) is 3.76. The minimum Gasteiger partial charge on any atom is -0.368 e. The largest absolute Gasteiger partial charge is 0.368 e. The summed E-state index contributed by atoms with van der Waals surface area (Å²) in [5.74, 6) is 0.118. The molecule has 0 spiro atoms. The molecule has 4 rings (SSSR count). The minimum absolute atomic E-state index is 0.118. The van der Waals surface area contributed by atoms with Crippen LogP contribution in [0.4, 0.5) is 5.69 Å². The van der Waals surface area contributed by atoms with E-state index in [1.807, 2.05) is 30.0 Å². The summed E-state index contributed by atoms with van der Waals surface area (Å²) in [5.41, 5.74) is 6.52. The highest BCUT2D eigenvalue weighted by Gasteiger charge is 2.24. The van der Waals surface area contributed by atoms with Gasteiger partial charge in [0, 0.05) is 37.3 Å². The van der Waals surface area contributed by atoms with Crippen molar-refractivity contribution in [3.63, 3.8) is 0 Å². The number of nitrogens with zero attached hydrogens (tertiary/aromatic N) is 3. The highest BCUT2D eigenvalue weighted by Crippen LogP contribution is 2.25. The van der Waals surface area contributed by atoms with Crippen LogP contribution in [-0.4, -0.2) is 42.1 Å². The van der Waals surface area contributed by atoms with E-state index in [1.54, 1.807) is 0 Å². The molecule has 0 radical (unpaired) electrons. The average molecular weight is 363 g/mol. The SMILES string of the molecule is Cc1ccc2onc(CC(=O)N3CCN(c4cccc(C)c4C)CC3)c2c1. The van der Waals surface area contributed by atoms with Crippen molar-refractivity contribution in [1.82, 2.24) is 10.1 Å². The molecule has 1 amide bonds. The van der Waals surface area contributed by atoms with Gasteiger partial charge in [0.2, 0.25) is 5.91 Å². The molecule has 5 nitrogen and oxygen atoms in total. The van der Waals surface area contributed by atoms with Crippen molar-refractivity contribution in [2.75, 3.05) is 31.1 Å². The second kappa shape index (κ2) is 7.06. The number of anilines is 1. The van der Waals surface area contributed by atoms with E-state index in [-0.39, 0.29) is 5.91 Å². The highest BCUT2D eigenvalue weighted by molar-refractivity contribution is 5.86. The molecule has 1 aromatic heterocycles. The topological polar surface area (TPSA) is 49.6 Å². The first kappa shape index (κ1) is 17.6. The molecule has 1 fully saturated rings. The standard InChI is InChI=1S/C22H25N3O2/c1-15-7-8-21-18(13-15)19(23-27-21)14-22(26)25-11-9-24(10-12-25)20-6-4-5-16(2)17(20)3/h4-8,13H,9-12,14H2,1-3H3. The first-order valence-electron chi connectivity index (χ1n) is 9.47. The predicted octanol–water partition coefficient (Wildman–Crippen LogP) is 3.64. The molecule has 0 N–H and O–H groups in total. The molecule has 27 heavy (non-hydrogen) atoms. The number of hydrogen-bond acceptors (Lipinski definition) is 4. The van der Waals surface area contributed by atoms with Crippen LogP contribution >= 0.6 is 0 Å². The second-order valence-electron chi connectivity index (χ2n) is 7.39. The third-order valence-electron chi connectivity index (χ3n) is 5.57. The Kier molecular flexibility index (Phi) is 4.60. The molecule has 0 saturated carbocycles. The zero-order chi connectivity index (χ0) is 19.0. The Morgan fingerprint density at radius 2 is 1.85 bits per heavy atom. The van der Waals surface area contributed by atoms with Gasteiger partial charge in [-0.1, -0.05) is 28.9 Å². The number of aromatic nitrogens is 1. The van der Waals surface area contributed by atoms with Gasteiger partial charge >= 0.3 is 0 Å². The van der Waals surface area contributed by atoms with Crippen LogP contribution in [0.2, 0.25) is 0 Å². The summed E-state index contributed by atoms with van der Waals surface area (Å²) in [5, 5.41) is 5.06. The van der Waals surface area contributed by atoms with Gasteiger partial charge in [-0.25, -0.2) is 0 Å². The van der Waals surface area contributed by atoms with Gasteiger partial charge in [0.25, 0.3) is 0 Å². The number of fused-ring (bicyclic) bond motifs is 1. The molecule has 0 atom stereocenters. The van der Waals surface area contributed by atoms with Crippen LogP contribution in [0.3, 0.4) is 0 Å². The van der Waals surface area contributed by atoms with Gasteiger partial charge in [-0.15, -0.1) is 0 Å². The number of carbonyl (C=O) groups excluding carboxylic acids is 1. The van der Waals surface area contributed by atoms with E-state index >= 15 is 0 Å². The van der Waals surface area contributed by atoms with Crippen LogP contribution in [-0.2, 0) is 11.2 Å². The van der Waals surface area contributed by atoms with Crippen LogP contribution in [0, 0.1) is 20.8 Å². The molecule has 1 saturated heterocycles. The van der Waals surface area contributed by atoms with Crippen LogP contribution in [0.25, 0.3) is 11.0 Å². The Hall–Kier alpha value is -2.82. The Morgan fingerprint density at radius 1 is 1.07 bits per heavy atom. The summed E-state index contributed by atoms with van der Waals surface area (Å²) in [6.45, 7) is 9.53. The van der Waals surface area contributed by atoms with E-state index in [2.05, 4.69) is 42.1 Å². The Labute approximate surface area is 159 Å². The molecule has 2 heterocycles. The number of aryl methyl sites for hydroxylation is 2. The van der Waals surface area contributed by atoms with Gasteiger partial charge in [0.15, 0.2) is 5.58 Å². The zero-order valence-electron chi connectivity index (χ0n) is 16.2. The lowest BCUT2D eigenvalue weighted by Gasteiger charge is -2.37. The van der Waals surface area contributed by atoms with Crippen molar-refractivity contribution >= 4 is 22.6 Å². The van der Waals surface area contributed by atoms with Crippen LogP contribution < -0.4 is 4.90 Å². The van der Waals surface area contributed by atoms with Crippen molar-refractivity contribution < 1.29 is 9.32 Å². The lowest BCUT2D eigenvalue weighted by Crippen LogP contribution is -2.49. The number of benzene rings is 2. The molecule has 140 valence electrons. The van der Waals surface area contributed by atoms with E-state index in [0.717, 1.165) is 48.4 Å². The first-order valence-corrected chi connectivity index (χ1v) is 9.47. The number of piperazine rings is 1. The Bertz CT molecular complexity index is 984. The van der Waals surface area contributed by atoms with E-state index < -0.39 is 0 Å². The molecular formula is C22H25N3O2. The van der Waals surface area contributed by atoms with Crippen LogP contribution in [0.5, 0.6) is 0 Å². The number of amides is 1. The van der Waals surface area contributed by atoms with E-state index in [0.29, 0.717) is 6.42 Å². The number of rotatable bonds is 3. The molecule has 0 unspecified atom stereocenters. The van der Waals surface area contributed by atoms with E-state index in [1.165, 1.54) is 16.8 Å². The molecular weight excluding hydrogens is 338 g/mol. The van der Waals surface area contributed by atoms with Gasteiger partial charge in [-0.05, 0) is 50.1 Å². The molecule has 3 aromatic rings. The maximum atomic E-state index is 12.8. The van der Waals surface area contributed by atoms with Gasteiger partial charge in [0.05, 0.1) is 6.42 Å². The van der Waals surface area contributed by atoms with Gasteiger partial charge < -0.3 is 14.3 Å². The summed E-state index contributed by atoms with van der Waals surface area (Å²) < 4.78 is 5.36. The maximum absolute atomic E-state index is 12.8. The molecule has 5 heteroatoms. The fraction of sp³-hybridized carbons (Fsp3) is 0.364. The minimum atomic E-state index is 0.118. The van der Waals surface area contributed by atoms with Crippen LogP contribution in [0.15, 0.2) is 40.9 Å². The summed E-state index contributed by atoms with van der Waals surface area (Å²) in [4.78, 5) is 17.1. The third kappa shape index (κ3) is 3.42. The fourth-order valence-electron chi connectivity index (χ4n) is 3.76. The molecule has 1 aliphatic rings. The predicted molar refractivity (Wildman–Crippen MR) is 107 cm³/mol. The van der Waals surface area contributed by atoms with Gasteiger partial charge in [-0.3, -0.25) is 4.79 Å². The lowest BCUT2D eigenvalue weighted by atomic mass is 10.1. The number of hydrogen-bond donors (Lipinski definition) is 0. The summed E-state index contributed by atoms with van der Waals surface area (Å²) >= 11 is 0. The lowest BCUT2D eigenvalue weighted by molar-refractivity contribution is -0.130. The van der Waals surface area contributed by atoms with E-state index in [9.17, 15) is 4.79 Å². The third-order valence-corrected chi connectivity index (χ3v) is 5.57. The Morgan fingerprint density at radius 3 is 2.63 bits per heavy atom. The quantitative estimate of drug-likeness (QED) is 0.713. The monoisotopic (exact) mass is 363 g/mol. The highest BCUT2D eigenvalue weighted by atomic mass is 16.5. The van der Waals surface area contributed by atoms with E-state index in [4.69, 9.17) is 4.52 Å². The zero-order valence-corrected chi connectivity index (χ0v) is 16.2. The smallest absolute Gasteiger partial charge is 0.228 e. The van der Waals surface area contributed by atoms with Crippen molar-refractivity contribution in [2.45, 2.75) is 27.2 Å². The Balaban J connectivity index is 1.42. The maximum Gasteiger partial charge on any atom is 0.228 e. The summed E-state index contributed by atoms with van der Waals surface area (Å²) in [6.07, 6.45) is 0.292. The summed E-state index contributed by atoms with van der Waals surface area (Å²) in [7, 11) is 0. The molecule has 0 aliphatic carbocycles. The molecule has 2 aromatic carbocycles. The normalized spacial score (nSPS) is 14.8. The van der Waals surface area contributed by atoms with Crippen molar-refractivity contribution in [3.05, 3.63) is 58.8 Å². The number of carbonyl (C=O) groups is 1. The summed E-state index contributed by atoms with van der Waals surface area (Å²) in [6, 6.07) is 12.4. The first-order chi connectivity index (χ1) is 13.0.